The summed E-state index contributed by atoms with van der Waals surface area (Å²) < 4.78 is 57.5. The molecule has 4 rings (SSSR count). The lowest BCUT2D eigenvalue weighted by molar-refractivity contribution is -0.137. The molecule has 1 aliphatic heterocycles. The molecule has 1 amide bonds. The number of nitrogens with one attached hydrogen (secondary N) is 1. The van der Waals surface area contributed by atoms with Crippen molar-refractivity contribution in [2.45, 2.75) is 75.8 Å². The number of amides is 1. The fourth-order valence-corrected chi connectivity index (χ4v) is 5.24. The molecule has 2 fully saturated rings. The third-order valence-corrected chi connectivity index (χ3v) is 7.12. The smallest absolute Gasteiger partial charge is 0.305 e. The largest absolute Gasteiger partial charge is 0.481 e. The molecule has 12 heteroatoms. The molecular formula is C26H33ClF4N4O3. The Hall–Kier alpha value is -2.66. The number of benzene rings is 1. The van der Waals surface area contributed by atoms with Crippen LogP contribution in [0, 0.1) is 0 Å². The number of hydrogen-bond acceptors (Lipinski definition) is 4. The first-order valence-corrected chi connectivity index (χ1v) is 12.6. The van der Waals surface area contributed by atoms with E-state index in [0.29, 0.717) is 5.69 Å². The molecule has 0 unspecified atom stereocenters. The Morgan fingerprint density at radius 3 is 2.39 bits per heavy atom. The van der Waals surface area contributed by atoms with Crippen molar-refractivity contribution in [2.24, 2.45) is 0 Å². The zero-order valence-electron chi connectivity index (χ0n) is 21.1. The van der Waals surface area contributed by atoms with E-state index in [0.717, 1.165) is 32.6 Å². The predicted octanol–water partition coefficient (Wildman–Crippen LogP) is 5.15. The van der Waals surface area contributed by atoms with Crippen molar-refractivity contribution in [3.63, 3.8) is 0 Å². The standard InChI is InChI=1S/C26H32F4N4O3.ClH/c1-26(29,30)19-9-5-4-8-18(19)23-13-22(32-34(23)17-6-2-3-7-17)25(37)31-16(12-24(35)36)10-11-33-14-20(27)21(28)15-33;/h4-5,8-9,13,16-17,20-21H,2-3,6-7,10-12,14-15H2,1H3,(H,31,37)(H,35,36);1H/t16-,20-,21+;/m0./s1. The summed E-state index contributed by atoms with van der Waals surface area (Å²) >= 11 is 0. The van der Waals surface area contributed by atoms with Crippen molar-refractivity contribution in [1.82, 2.24) is 20.0 Å². The minimum atomic E-state index is -3.11. The first kappa shape index (κ1) is 29.9. The van der Waals surface area contributed by atoms with Gasteiger partial charge in [0.1, 0.15) is 12.3 Å². The molecule has 1 saturated heterocycles. The maximum Gasteiger partial charge on any atom is 0.305 e. The number of alkyl halides is 4. The minimum Gasteiger partial charge on any atom is -0.481 e. The quantitative estimate of drug-likeness (QED) is 0.392. The Labute approximate surface area is 225 Å². The van der Waals surface area contributed by atoms with Gasteiger partial charge in [-0.15, -0.1) is 12.4 Å². The van der Waals surface area contributed by atoms with Crippen LogP contribution in [0.2, 0.25) is 0 Å². The van der Waals surface area contributed by atoms with Crippen molar-refractivity contribution in [3.8, 4) is 11.3 Å². The summed E-state index contributed by atoms with van der Waals surface area (Å²) in [6, 6.07) is 6.76. The molecule has 1 aromatic heterocycles. The summed E-state index contributed by atoms with van der Waals surface area (Å²) in [6.45, 7) is 0.889. The SMILES string of the molecule is CC(F)(F)c1ccccc1-c1cc(C(=O)N[C@@H](CCN2C[C@@H](F)[C@@H](F)C2)CC(=O)O)nn1C1CCCC1.Cl. The molecule has 1 aliphatic carbocycles. The lowest BCUT2D eigenvalue weighted by Gasteiger charge is -2.20. The number of carbonyl (C=O) groups is 2. The summed E-state index contributed by atoms with van der Waals surface area (Å²) in [5.74, 6) is -4.86. The molecule has 0 radical (unpaired) electrons. The lowest BCUT2D eigenvalue weighted by Crippen LogP contribution is -2.39. The van der Waals surface area contributed by atoms with E-state index in [1.807, 2.05) is 0 Å². The van der Waals surface area contributed by atoms with Crippen LogP contribution >= 0.6 is 12.4 Å². The van der Waals surface area contributed by atoms with Gasteiger partial charge in [0.05, 0.1) is 18.2 Å². The highest BCUT2D eigenvalue weighted by Crippen LogP contribution is 2.39. The van der Waals surface area contributed by atoms with E-state index >= 15 is 0 Å². The van der Waals surface area contributed by atoms with E-state index in [1.54, 1.807) is 21.7 Å². The van der Waals surface area contributed by atoms with Gasteiger partial charge >= 0.3 is 5.97 Å². The Bertz CT molecular complexity index is 1110. The van der Waals surface area contributed by atoms with Gasteiger partial charge in [-0.2, -0.15) is 5.10 Å². The van der Waals surface area contributed by atoms with Crippen molar-refractivity contribution in [1.29, 1.82) is 0 Å². The van der Waals surface area contributed by atoms with Gasteiger partial charge in [0.25, 0.3) is 11.8 Å². The third-order valence-electron chi connectivity index (χ3n) is 7.12. The molecule has 38 heavy (non-hydrogen) atoms. The van der Waals surface area contributed by atoms with Gasteiger partial charge in [-0.25, -0.2) is 17.6 Å². The molecule has 1 aromatic carbocycles. The van der Waals surface area contributed by atoms with E-state index in [1.165, 1.54) is 18.2 Å². The highest BCUT2D eigenvalue weighted by atomic mass is 35.5. The molecule has 0 spiro atoms. The van der Waals surface area contributed by atoms with Crippen molar-refractivity contribution < 1.29 is 32.3 Å². The molecule has 2 aromatic rings. The number of aromatic nitrogens is 2. The fourth-order valence-electron chi connectivity index (χ4n) is 5.24. The molecule has 3 atom stereocenters. The first-order valence-electron chi connectivity index (χ1n) is 12.6. The van der Waals surface area contributed by atoms with Crippen molar-refractivity contribution in [2.75, 3.05) is 19.6 Å². The van der Waals surface area contributed by atoms with Crippen LogP contribution in [0.1, 0.15) is 67.5 Å². The molecule has 0 bridgehead atoms. The fraction of sp³-hybridized carbons (Fsp3) is 0.577. The number of aliphatic carboxylic acids is 1. The molecular weight excluding hydrogens is 528 g/mol. The topological polar surface area (TPSA) is 87.5 Å². The number of carbonyl (C=O) groups excluding carboxylic acids is 1. The average molecular weight is 561 g/mol. The maximum atomic E-state index is 14.4. The zero-order chi connectivity index (χ0) is 26.7. The van der Waals surface area contributed by atoms with Crippen LogP contribution in [0.15, 0.2) is 30.3 Å². The summed E-state index contributed by atoms with van der Waals surface area (Å²) in [4.78, 5) is 26.1. The Balaban J connectivity index is 0.00000400. The van der Waals surface area contributed by atoms with E-state index in [-0.39, 0.29) is 67.7 Å². The van der Waals surface area contributed by atoms with Gasteiger partial charge in [-0.05, 0) is 25.3 Å². The van der Waals surface area contributed by atoms with E-state index in [4.69, 9.17) is 0 Å². The maximum absolute atomic E-state index is 14.4. The van der Waals surface area contributed by atoms with Crippen LogP contribution in [0.3, 0.4) is 0 Å². The Kier molecular flexibility index (Phi) is 9.80. The second-order valence-electron chi connectivity index (χ2n) is 10.1. The van der Waals surface area contributed by atoms with Gasteiger partial charge in [0.15, 0.2) is 5.69 Å². The van der Waals surface area contributed by atoms with E-state index in [2.05, 4.69) is 10.4 Å². The van der Waals surface area contributed by atoms with Gasteiger partial charge < -0.3 is 10.4 Å². The molecule has 2 aliphatic rings. The number of hydrogen-bond donors (Lipinski definition) is 2. The molecule has 1 saturated carbocycles. The first-order chi connectivity index (χ1) is 17.5. The van der Waals surface area contributed by atoms with Gasteiger partial charge in [-0.1, -0.05) is 37.1 Å². The Morgan fingerprint density at radius 1 is 1.16 bits per heavy atom. The number of rotatable bonds is 10. The van der Waals surface area contributed by atoms with Crippen LogP contribution in [0.4, 0.5) is 17.6 Å². The normalized spacial score (nSPS) is 21.3. The second kappa shape index (κ2) is 12.5. The van der Waals surface area contributed by atoms with Crippen LogP contribution in [0.25, 0.3) is 11.3 Å². The van der Waals surface area contributed by atoms with Crippen LogP contribution in [-0.4, -0.2) is 69.7 Å². The number of carboxylic acid groups (broad SMARTS) is 1. The third kappa shape index (κ3) is 7.05. The van der Waals surface area contributed by atoms with Gasteiger partial charge in [0.2, 0.25) is 0 Å². The summed E-state index contributed by atoms with van der Waals surface area (Å²) in [6.07, 6.45) is 0.193. The number of carboxylic acids is 1. The van der Waals surface area contributed by atoms with Gasteiger partial charge in [0, 0.05) is 43.7 Å². The number of nitrogens with zero attached hydrogens (tertiary/aromatic N) is 3. The van der Waals surface area contributed by atoms with Crippen LogP contribution in [-0.2, 0) is 10.7 Å². The van der Waals surface area contributed by atoms with E-state index < -0.39 is 36.2 Å². The van der Waals surface area contributed by atoms with Crippen molar-refractivity contribution >= 4 is 24.3 Å². The lowest BCUT2D eigenvalue weighted by atomic mass is 9.99. The summed E-state index contributed by atoms with van der Waals surface area (Å²) in [7, 11) is 0. The average Bonchev–Trinajstić information content (AvgIpc) is 3.57. The molecule has 2 heterocycles. The Morgan fingerprint density at radius 2 is 1.79 bits per heavy atom. The van der Waals surface area contributed by atoms with Crippen LogP contribution < -0.4 is 5.32 Å². The van der Waals surface area contributed by atoms with Crippen LogP contribution in [0.5, 0.6) is 0 Å². The summed E-state index contributed by atoms with van der Waals surface area (Å²) in [5.41, 5.74) is 0.517. The molecule has 210 valence electrons. The van der Waals surface area contributed by atoms with Gasteiger partial charge in [-0.3, -0.25) is 19.2 Å². The predicted molar refractivity (Wildman–Crippen MR) is 136 cm³/mol. The minimum absolute atomic E-state index is 0. The monoisotopic (exact) mass is 560 g/mol. The second-order valence-corrected chi connectivity index (χ2v) is 10.1. The summed E-state index contributed by atoms with van der Waals surface area (Å²) in [5, 5.41) is 16.5. The van der Waals surface area contributed by atoms with E-state index in [9.17, 15) is 32.3 Å². The highest BCUT2D eigenvalue weighted by Gasteiger charge is 2.34. The number of halogens is 5. The molecule has 2 N–H and O–H groups in total. The zero-order valence-corrected chi connectivity index (χ0v) is 21.9. The number of likely N-dealkylation sites (tertiary alicyclic amines) is 1. The van der Waals surface area contributed by atoms with Crippen molar-refractivity contribution in [3.05, 3.63) is 41.6 Å². The molecule has 7 nitrogen and oxygen atoms in total. The highest BCUT2D eigenvalue weighted by molar-refractivity contribution is 5.94.